The van der Waals surface area contributed by atoms with E-state index in [9.17, 15) is 22.0 Å². The van der Waals surface area contributed by atoms with E-state index in [1.165, 1.54) is 11.3 Å². The molecule has 0 radical (unpaired) electrons. The van der Waals surface area contributed by atoms with Gasteiger partial charge in [-0.15, -0.1) is 0 Å². The number of methoxy groups -OCH3 is 1. The van der Waals surface area contributed by atoms with Gasteiger partial charge < -0.3 is 4.74 Å². The van der Waals surface area contributed by atoms with Crippen molar-refractivity contribution in [3.63, 3.8) is 0 Å². The van der Waals surface area contributed by atoms with Gasteiger partial charge in [0.15, 0.2) is 5.13 Å². The Morgan fingerprint density at radius 3 is 2.64 bits per heavy atom. The molecular weight excluding hydrogens is 546 g/mol. The quantitative estimate of drug-likeness (QED) is 0.312. The summed E-state index contributed by atoms with van der Waals surface area (Å²) in [4.78, 5) is 23.7. The molecule has 1 saturated heterocycles. The molecule has 1 amide bonds. The first-order valence-corrected chi connectivity index (χ1v) is 14.5. The van der Waals surface area contributed by atoms with Crippen LogP contribution in [0.4, 0.5) is 13.9 Å². The number of aromatic nitrogens is 2. The van der Waals surface area contributed by atoms with Crippen molar-refractivity contribution in [2.75, 3.05) is 25.1 Å². The Labute approximate surface area is 228 Å². The maximum atomic E-state index is 14.2. The fourth-order valence-corrected chi connectivity index (χ4v) is 7.27. The number of sulfonamides is 1. The average Bonchev–Trinajstić information content (AvgIpc) is 3.40. The largest absolute Gasteiger partial charge is 0.494 e. The molecule has 3 heterocycles. The van der Waals surface area contributed by atoms with E-state index >= 15 is 0 Å². The number of carbonyl (C=O) groups is 1. The molecule has 8 nitrogen and oxygen atoms in total. The summed E-state index contributed by atoms with van der Waals surface area (Å²) in [5.74, 6) is -1.92. The summed E-state index contributed by atoms with van der Waals surface area (Å²) < 4.78 is 61.5. The molecule has 0 saturated carbocycles. The van der Waals surface area contributed by atoms with Crippen molar-refractivity contribution in [1.29, 1.82) is 0 Å². The minimum absolute atomic E-state index is 0.00218. The molecule has 0 atom stereocenters. The zero-order valence-corrected chi connectivity index (χ0v) is 22.9. The molecule has 1 aliphatic heterocycles. The predicted molar refractivity (Wildman–Crippen MR) is 144 cm³/mol. The second-order valence-corrected chi connectivity index (χ2v) is 12.2. The molecule has 2 aromatic heterocycles. The highest BCUT2D eigenvalue weighted by Gasteiger charge is 2.36. The number of pyridine rings is 1. The van der Waals surface area contributed by atoms with Crippen molar-refractivity contribution in [1.82, 2.24) is 14.3 Å². The van der Waals surface area contributed by atoms with Gasteiger partial charge in [-0.05, 0) is 61.2 Å². The molecule has 0 bridgehead atoms. The molecule has 1 fully saturated rings. The Morgan fingerprint density at radius 1 is 1.18 bits per heavy atom. The number of hydrogen-bond acceptors (Lipinski definition) is 7. The Hall–Kier alpha value is -3.48. The summed E-state index contributed by atoms with van der Waals surface area (Å²) in [6.45, 7) is 2.21. The fourth-order valence-electron chi connectivity index (χ4n) is 4.67. The van der Waals surface area contributed by atoms with E-state index in [1.54, 1.807) is 30.5 Å². The number of thiazole rings is 1. The maximum absolute atomic E-state index is 14.2. The smallest absolute Gasteiger partial charge is 0.246 e. The van der Waals surface area contributed by atoms with E-state index in [2.05, 4.69) is 4.98 Å². The number of halogens is 2. The standard InChI is InChI=1S/C27H26F2N4O4S2/c1-17-5-8-22(37-2)24-25(17)38-27(31-24)33(16-18-4-3-11-30-15-18)26(34)19-9-12-32(13-10-19)39(35,36)23-14-20(28)6-7-21(23)29/h3-8,11,14-15,19H,9-10,12-13,16H2,1-2H3. The third-order valence-corrected chi connectivity index (χ3v) is 9.91. The normalized spacial score (nSPS) is 15.0. The molecule has 204 valence electrons. The first-order chi connectivity index (χ1) is 18.7. The van der Waals surface area contributed by atoms with E-state index in [0.717, 1.165) is 32.3 Å². The van der Waals surface area contributed by atoms with Crippen molar-refractivity contribution in [2.24, 2.45) is 5.92 Å². The zero-order valence-electron chi connectivity index (χ0n) is 21.3. The van der Waals surface area contributed by atoms with Gasteiger partial charge in [-0.2, -0.15) is 4.31 Å². The molecule has 0 spiro atoms. The molecule has 5 rings (SSSR count). The van der Waals surface area contributed by atoms with Crippen LogP contribution >= 0.6 is 11.3 Å². The number of fused-ring (bicyclic) bond motifs is 1. The summed E-state index contributed by atoms with van der Waals surface area (Å²) in [6, 6.07) is 9.78. The van der Waals surface area contributed by atoms with Crippen LogP contribution in [0.3, 0.4) is 0 Å². The lowest BCUT2D eigenvalue weighted by atomic mass is 9.96. The Bertz CT molecular complexity index is 1620. The minimum Gasteiger partial charge on any atom is -0.494 e. The maximum Gasteiger partial charge on any atom is 0.246 e. The topological polar surface area (TPSA) is 92.7 Å². The van der Waals surface area contributed by atoms with Gasteiger partial charge >= 0.3 is 0 Å². The molecule has 2 aromatic carbocycles. The molecule has 0 unspecified atom stereocenters. The summed E-state index contributed by atoms with van der Waals surface area (Å²) >= 11 is 1.39. The third-order valence-electron chi connectivity index (χ3n) is 6.79. The van der Waals surface area contributed by atoms with E-state index < -0.39 is 32.5 Å². The highest BCUT2D eigenvalue weighted by molar-refractivity contribution is 7.89. The fraction of sp³-hybridized carbons (Fsp3) is 0.296. The Balaban J connectivity index is 1.41. The molecule has 0 N–H and O–H groups in total. The second-order valence-electron chi connectivity index (χ2n) is 9.30. The lowest BCUT2D eigenvalue weighted by molar-refractivity contribution is -0.123. The number of ether oxygens (including phenoxy) is 1. The number of aryl methyl sites for hydroxylation is 1. The van der Waals surface area contributed by atoms with E-state index in [4.69, 9.17) is 9.72 Å². The van der Waals surface area contributed by atoms with Crippen LogP contribution in [-0.2, 0) is 21.4 Å². The first kappa shape index (κ1) is 27.1. The number of rotatable bonds is 7. The highest BCUT2D eigenvalue weighted by Crippen LogP contribution is 2.38. The van der Waals surface area contributed by atoms with Gasteiger partial charge in [0.05, 0.1) is 18.4 Å². The summed E-state index contributed by atoms with van der Waals surface area (Å²) in [6.07, 6.45) is 3.79. The van der Waals surface area contributed by atoms with Crippen molar-refractivity contribution in [2.45, 2.75) is 31.2 Å². The molecule has 4 aromatic rings. The van der Waals surface area contributed by atoms with Crippen LogP contribution in [-0.4, -0.2) is 48.8 Å². The highest BCUT2D eigenvalue weighted by atomic mass is 32.2. The van der Waals surface area contributed by atoms with Gasteiger partial charge in [0, 0.05) is 31.4 Å². The predicted octanol–water partition coefficient (Wildman–Crippen LogP) is 4.92. The third kappa shape index (κ3) is 5.36. The number of carbonyl (C=O) groups excluding carboxylic acids is 1. The average molecular weight is 573 g/mol. The number of nitrogens with zero attached hydrogens (tertiary/aromatic N) is 4. The molecule has 1 aliphatic rings. The van der Waals surface area contributed by atoms with Gasteiger partial charge in [-0.25, -0.2) is 22.2 Å². The molecule has 39 heavy (non-hydrogen) atoms. The van der Waals surface area contributed by atoms with Crippen molar-refractivity contribution in [3.8, 4) is 5.75 Å². The van der Waals surface area contributed by atoms with Crippen LogP contribution in [0.25, 0.3) is 10.2 Å². The number of piperidine rings is 1. The zero-order chi connectivity index (χ0) is 27.7. The Morgan fingerprint density at radius 2 is 1.95 bits per heavy atom. The molecular formula is C27H26F2N4O4S2. The number of anilines is 1. The lowest BCUT2D eigenvalue weighted by Gasteiger charge is -2.33. The SMILES string of the molecule is COc1ccc(C)c2sc(N(Cc3cccnc3)C(=O)C3CCN(S(=O)(=O)c4cc(F)ccc4F)CC3)nc12. The minimum atomic E-state index is -4.25. The van der Waals surface area contributed by atoms with Gasteiger partial charge in [0.1, 0.15) is 27.8 Å². The van der Waals surface area contributed by atoms with Crippen molar-refractivity contribution in [3.05, 3.63) is 77.6 Å². The van der Waals surface area contributed by atoms with E-state index in [0.29, 0.717) is 22.5 Å². The van der Waals surface area contributed by atoms with E-state index in [1.807, 2.05) is 25.1 Å². The van der Waals surface area contributed by atoms with Crippen molar-refractivity contribution < 1.29 is 26.7 Å². The number of benzene rings is 2. The van der Waals surface area contributed by atoms with Crippen LogP contribution in [0, 0.1) is 24.5 Å². The summed E-state index contributed by atoms with van der Waals surface area (Å²) in [7, 11) is -2.69. The van der Waals surface area contributed by atoms with Crippen LogP contribution < -0.4 is 9.64 Å². The van der Waals surface area contributed by atoms with Crippen LogP contribution in [0.1, 0.15) is 24.0 Å². The van der Waals surface area contributed by atoms with Gasteiger partial charge in [-0.3, -0.25) is 14.7 Å². The lowest BCUT2D eigenvalue weighted by Crippen LogP contribution is -2.44. The van der Waals surface area contributed by atoms with Crippen LogP contribution in [0.15, 0.2) is 59.8 Å². The number of amides is 1. The van der Waals surface area contributed by atoms with E-state index in [-0.39, 0.29) is 38.4 Å². The van der Waals surface area contributed by atoms with Gasteiger partial charge in [0.25, 0.3) is 0 Å². The van der Waals surface area contributed by atoms with Crippen LogP contribution in [0.5, 0.6) is 5.75 Å². The first-order valence-electron chi connectivity index (χ1n) is 12.3. The monoisotopic (exact) mass is 572 g/mol. The second kappa shape index (κ2) is 10.9. The summed E-state index contributed by atoms with van der Waals surface area (Å²) in [5, 5.41) is 0.503. The van der Waals surface area contributed by atoms with Crippen LogP contribution in [0.2, 0.25) is 0 Å². The summed E-state index contributed by atoms with van der Waals surface area (Å²) in [5.41, 5.74) is 2.49. The van der Waals surface area contributed by atoms with Gasteiger partial charge in [-0.1, -0.05) is 23.5 Å². The number of hydrogen-bond donors (Lipinski definition) is 0. The van der Waals surface area contributed by atoms with Crippen molar-refractivity contribution >= 4 is 42.6 Å². The van der Waals surface area contributed by atoms with Gasteiger partial charge in [0.2, 0.25) is 15.9 Å². The molecule has 12 heteroatoms. The Kier molecular flexibility index (Phi) is 7.61. The molecule has 0 aliphatic carbocycles.